The summed E-state index contributed by atoms with van der Waals surface area (Å²) >= 11 is 0. The molecule has 3 rings (SSSR count). The maximum atomic E-state index is 12.7. The van der Waals surface area contributed by atoms with Crippen LogP contribution in [0.15, 0.2) is 30.4 Å². The molecule has 1 aliphatic heterocycles. The van der Waals surface area contributed by atoms with Gasteiger partial charge in [-0.05, 0) is 30.4 Å². The van der Waals surface area contributed by atoms with E-state index in [1.807, 2.05) is 0 Å². The number of carbonyl (C=O) groups is 3. The van der Waals surface area contributed by atoms with Crippen molar-refractivity contribution in [2.24, 2.45) is 5.92 Å². The Bertz CT molecular complexity index is 833. The van der Waals surface area contributed by atoms with Crippen molar-refractivity contribution in [3.8, 4) is 11.5 Å². The lowest BCUT2D eigenvalue weighted by atomic mass is 9.90. The molecular formula is C22H25NO6. The summed E-state index contributed by atoms with van der Waals surface area (Å²) in [5.74, 6) is -0.897. The highest BCUT2D eigenvalue weighted by atomic mass is 16.5. The van der Waals surface area contributed by atoms with E-state index in [-0.39, 0.29) is 29.7 Å². The molecule has 1 saturated carbocycles. The molecule has 0 saturated heterocycles. The number of nitrogens with zero attached hydrogens (tertiary/aromatic N) is 1. The van der Waals surface area contributed by atoms with Crippen LogP contribution in [0.2, 0.25) is 0 Å². The molecule has 1 fully saturated rings. The van der Waals surface area contributed by atoms with Crippen molar-refractivity contribution in [2.45, 2.75) is 32.1 Å². The second kappa shape index (κ2) is 9.41. The van der Waals surface area contributed by atoms with Gasteiger partial charge in [-0.1, -0.05) is 31.4 Å². The first-order chi connectivity index (χ1) is 14.0. The number of carbonyl (C=O) groups excluding carboxylic acids is 3. The second-order valence-electron chi connectivity index (χ2n) is 7.24. The third kappa shape index (κ3) is 5.04. The number of esters is 1. The van der Waals surface area contributed by atoms with Crippen LogP contribution in [0.5, 0.6) is 11.5 Å². The van der Waals surface area contributed by atoms with Crippen molar-refractivity contribution in [3.63, 3.8) is 0 Å². The van der Waals surface area contributed by atoms with Gasteiger partial charge >= 0.3 is 5.97 Å². The Kier molecular flexibility index (Phi) is 6.69. The molecule has 0 radical (unpaired) electrons. The number of aromatic hydroxyl groups is 1. The van der Waals surface area contributed by atoms with Gasteiger partial charge in [-0.2, -0.15) is 0 Å². The first-order valence-corrected chi connectivity index (χ1v) is 9.77. The molecule has 0 spiro atoms. The SMILES string of the molecule is COc1cc(O)c(C(=O)OCC2CCCCC2)c(C=CCN2C(=O)C=CC2=O)c1. The van der Waals surface area contributed by atoms with Crippen LogP contribution in [0.3, 0.4) is 0 Å². The Labute approximate surface area is 169 Å². The predicted octanol–water partition coefficient (Wildman–Crippen LogP) is 3.08. The van der Waals surface area contributed by atoms with Crippen LogP contribution in [-0.2, 0) is 14.3 Å². The van der Waals surface area contributed by atoms with Crippen molar-refractivity contribution in [1.29, 1.82) is 0 Å². The fraction of sp³-hybridized carbons (Fsp3) is 0.409. The number of amides is 2. The Hall–Kier alpha value is -3.09. The molecule has 154 valence electrons. The number of ether oxygens (including phenoxy) is 2. The number of imide groups is 1. The number of phenolic OH excluding ortho intramolecular Hbond substituents is 1. The molecule has 1 heterocycles. The van der Waals surface area contributed by atoms with Gasteiger partial charge in [0.1, 0.15) is 17.1 Å². The minimum absolute atomic E-state index is 0.0371. The average molecular weight is 399 g/mol. The molecule has 0 aromatic heterocycles. The van der Waals surface area contributed by atoms with Gasteiger partial charge in [-0.3, -0.25) is 14.5 Å². The summed E-state index contributed by atoms with van der Waals surface area (Å²) in [5, 5.41) is 10.4. The van der Waals surface area contributed by atoms with Gasteiger partial charge in [0.25, 0.3) is 11.8 Å². The summed E-state index contributed by atoms with van der Waals surface area (Å²) < 4.78 is 10.6. The van der Waals surface area contributed by atoms with Crippen molar-refractivity contribution < 1.29 is 29.0 Å². The standard InChI is InChI=1S/C22H25NO6/c1-28-17-12-16(8-5-11-23-19(25)9-10-20(23)26)21(18(24)13-17)22(27)29-14-15-6-3-2-4-7-15/h5,8-10,12-13,15,24H,2-4,6-7,11,14H2,1H3. The minimum Gasteiger partial charge on any atom is -0.507 e. The lowest BCUT2D eigenvalue weighted by molar-refractivity contribution is -0.136. The van der Waals surface area contributed by atoms with Crippen molar-refractivity contribution in [1.82, 2.24) is 4.90 Å². The third-order valence-corrected chi connectivity index (χ3v) is 5.22. The number of phenols is 1. The Morgan fingerprint density at radius 2 is 1.86 bits per heavy atom. The van der Waals surface area contributed by atoms with Gasteiger partial charge in [-0.15, -0.1) is 0 Å². The predicted molar refractivity (Wildman–Crippen MR) is 106 cm³/mol. The largest absolute Gasteiger partial charge is 0.507 e. The van der Waals surface area contributed by atoms with Crippen LogP contribution in [-0.4, -0.2) is 48.1 Å². The summed E-state index contributed by atoms with van der Waals surface area (Å²) in [5.41, 5.74) is 0.428. The average Bonchev–Trinajstić information content (AvgIpc) is 3.04. The number of methoxy groups -OCH3 is 1. The lowest BCUT2D eigenvalue weighted by Crippen LogP contribution is -2.29. The van der Waals surface area contributed by atoms with E-state index in [1.165, 1.54) is 31.7 Å². The highest BCUT2D eigenvalue weighted by Gasteiger charge is 2.23. The zero-order valence-electron chi connectivity index (χ0n) is 16.4. The van der Waals surface area contributed by atoms with Crippen LogP contribution in [0.25, 0.3) is 6.08 Å². The summed E-state index contributed by atoms with van der Waals surface area (Å²) in [6.45, 7) is 0.384. The van der Waals surface area contributed by atoms with Crippen LogP contribution in [0, 0.1) is 5.92 Å². The first-order valence-electron chi connectivity index (χ1n) is 9.77. The summed E-state index contributed by atoms with van der Waals surface area (Å²) in [6.07, 6.45) is 11.2. The molecule has 0 bridgehead atoms. The second-order valence-corrected chi connectivity index (χ2v) is 7.24. The van der Waals surface area contributed by atoms with E-state index in [4.69, 9.17) is 9.47 Å². The maximum absolute atomic E-state index is 12.7. The van der Waals surface area contributed by atoms with E-state index < -0.39 is 5.97 Å². The lowest BCUT2D eigenvalue weighted by Gasteiger charge is -2.21. The van der Waals surface area contributed by atoms with Gasteiger partial charge in [0.05, 0.1) is 13.7 Å². The molecule has 2 amide bonds. The highest BCUT2D eigenvalue weighted by Crippen LogP contribution is 2.30. The number of rotatable bonds is 7. The summed E-state index contributed by atoms with van der Waals surface area (Å²) in [6, 6.07) is 2.95. The van der Waals surface area contributed by atoms with Gasteiger partial charge in [0.15, 0.2) is 0 Å². The molecule has 7 nitrogen and oxygen atoms in total. The monoisotopic (exact) mass is 399 g/mol. The summed E-state index contributed by atoms with van der Waals surface area (Å²) in [4.78, 5) is 37.0. The Morgan fingerprint density at radius 3 is 2.52 bits per heavy atom. The van der Waals surface area contributed by atoms with Crippen molar-refractivity contribution in [2.75, 3.05) is 20.3 Å². The number of benzene rings is 1. The summed E-state index contributed by atoms with van der Waals surface area (Å²) in [7, 11) is 1.45. The molecule has 1 aromatic rings. The maximum Gasteiger partial charge on any atom is 0.342 e. The van der Waals surface area contributed by atoms with E-state index in [2.05, 4.69) is 0 Å². The van der Waals surface area contributed by atoms with Crippen molar-refractivity contribution >= 4 is 23.9 Å². The van der Waals surface area contributed by atoms with Crippen molar-refractivity contribution in [3.05, 3.63) is 41.5 Å². The van der Waals surface area contributed by atoms with E-state index in [0.29, 0.717) is 23.8 Å². The number of hydrogen-bond donors (Lipinski definition) is 1. The Balaban J connectivity index is 1.74. The van der Waals surface area contributed by atoms with Gasteiger partial charge in [0, 0.05) is 24.8 Å². The smallest absolute Gasteiger partial charge is 0.342 e. The normalized spacial score (nSPS) is 17.3. The molecule has 0 unspecified atom stereocenters. The third-order valence-electron chi connectivity index (χ3n) is 5.22. The fourth-order valence-electron chi connectivity index (χ4n) is 3.61. The number of hydrogen-bond acceptors (Lipinski definition) is 6. The van der Waals surface area contributed by atoms with Crippen LogP contribution < -0.4 is 4.74 Å². The van der Waals surface area contributed by atoms with Gasteiger partial charge < -0.3 is 14.6 Å². The zero-order chi connectivity index (χ0) is 20.8. The van der Waals surface area contributed by atoms with Gasteiger partial charge in [0.2, 0.25) is 0 Å². The highest BCUT2D eigenvalue weighted by molar-refractivity contribution is 6.13. The molecule has 1 aliphatic carbocycles. The van der Waals surface area contributed by atoms with Gasteiger partial charge in [-0.25, -0.2) is 4.79 Å². The molecule has 2 aliphatic rings. The van der Waals surface area contributed by atoms with E-state index in [1.54, 1.807) is 18.2 Å². The zero-order valence-corrected chi connectivity index (χ0v) is 16.4. The molecular weight excluding hydrogens is 374 g/mol. The fourth-order valence-corrected chi connectivity index (χ4v) is 3.61. The topological polar surface area (TPSA) is 93.1 Å². The van der Waals surface area contributed by atoms with Crippen LogP contribution in [0.1, 0.15) is 48.0 Å². The van der Waals surface area contributed by atoms with E-state index in [9.17, 15) is 19.5 Å². The van der Waals surface area contributed by atoms with Crippen LogP contribution in [0.4, 0.5) is 0 Å². The molecule has 1 N–H and O–H groups in total. The van der Waals surface area contributed by atoms with Crippen LogP contribution >= 0.6 is 0 Å². The Morgan fingerprint density at radius 1 is 1.17 bits per heavy atom. The molecule has 0 atom stereocenters. The molecule has 7 heteroatoms. The molecule has 29 heavy (non-hydrogen) atoms. The first kappa shape index (κ1) is 20.6. The van der Waals surface area contributed by atoms with E-state index >= 15 is 0 Å². The minimum atomic E-state index is -0.606. The van der Waals surface area contributed by atoms with E-state index in [0.717, 1.165) is 30.6 Å². The molecule has 1 aromatic carbocycles. The quantitative estimate of drug-likeness (QED) is 0.559.